The van der Waals surface area contributed by atoms with Crippen molar-refractivity contribution in [2.45, 2.75) is 65.3 Å². The molecule has 1 aromatic rings. The number of rotatable bonds is 2. The molecule has 0 bridgehead atoms. The van der Waals surface area contributed by atoms with Crippen molar-refractivity contribution in [3.8, 4) is 0 Å². The second-order valence-corrected chi connectivity index (χ2v) is 7.59. The summed E-state index contributed by atoms with van der Waals surface area (Å²) in [6.07, 6.45) is 7.89. The van der Waals surface area contributed by atoms with Crippen LogP contribution in [0.4, 0.5) is 5.69 Å². The highest BCUT2D eigenvalue weighted by Crippen LogP contribution is 2.39. The van der Waals surface area contributed by atoms with Gasteiger partial charge in [-0.05, 0) is 73.1 Å². The minimum absolute atomic E-state index is 0.492. The zero-order valence-electron chi connectivity index (χ0n) is 12.6. The fourth-order valence-corrected chi connectivity index (χ4v) is 4.35. The van der Waals surface area contributed by atoms with Crippen molar-refractivity contribution in [1.82, 2.24) is 0 Å². The van der Waals surface area contributed by atoms with Crippen molar-refractivity contribution >= 4 is 5.69 Å². The molecule has 1 aromatic carbocycles. The van der Waals surface area contributed by atoms with Gasteiger partial charge in [0.15, 0.2) is 0 Å². The molecule has 2 atom stereocenters. The van der Waals surface area contributed by atoms with Gasteiger partial charge < -0.3 is 5.32 Å². The Morgan fingerprint density at radius 2 is 1.89 bits per heavy atom. The van der Waals surface area contributed by atoms with E-state index in [2.05, 4.69) is 44.3 Å². The Morgan fingerprint density at radius 1 is 1.11 bits per heavy atom. The first kappa shape index (κ1) is 13.0. The van der Waals surface area contributed by atoms with Crippen molar-refractivity contribution in [3.05, 3.63) is 29.3 Å². The van der Waals surface area contributed by atoms with Gasteiger partial charge in [0.1, 0.15) is 0 Å². The van der Waals surface area contributed by atoms with E-state index in [4.69, 9.17) is 0 Å². The van der Waals surface area contributed by atoms with Gasteiger partial charge in [0.05, 0.1) is 0 Å². The lowest BCUT2D eigenvalue weighted by Gasteiger charge is -2.39. The third-order valence-electron chi connectivity index (χ3n) is 4.86. The number of hydrogen-bond donors (Lipinski definition) is 1. The van der Waals surface area contributed by atoms with Crippen molar-refractivity contribution in [3.63, 3.8) is 0 Å². The van der Waals surface area contributed by atoms with E-state index < -0.39 is 0 Å². The molecule has 3 rings (SSSR count). The van der Waals surface area contributed by atoms with Crippen LogP contribution in [0.25, 0.3) is 0 Å². The lowest BCUT2D eigenvalue weighted by Crippen LogP contribution is -2.35. The third kappa shape index (κ3) is 2.96. The highest BCUT2D eigenvalue weighted by Gasteiger charge is 2.31. The van der Waals surface area contributed by atoms with Gasteiger partial charge in [0.25, 0.3) is 0 Å². The number of nitrogens with one attached hydrogen (secondary N) is 1. The number of hydrogen-bond acceptors (Lipinski definition) is 1. The van der Waals surface area contributed by atoms with E-state index in [1.54, 1.807) is 11.1 Å². The van der Waals surface area contributed by atoms with Gasteiger partial charge in [-0.3, -0.25) is 0 Å². The second-order valence-electron chi connectivity index (χ2n) is 7.59. The summed E-state index contributed by atoms with van der Waals surface area (Å²) in [5, 5.41) is 3.80. The van der Waals surface area contributed by atoms with Crippen LogP contribution in [0, 0.1) is 11.3 Å². The SMILES string of the molecule is CC1CC(Nc2ccc3c(c2)CCC3)CC(C)(C)C1. The zero-order chi connectivity index (χ0) is 13.5. The molecule has 0 aliphatic heterocycles. The van der Waals surface area contributed by atoms with Gasteiger partial charge >= 0.3 is 0 Å². The highest BCUT2D eigenvalue weighted by molar-refractivity contribution is 5.50. The van der Waals surface area contributed by atoms with Gasteiger partial charge in [0, 0.05) is 11.7 Å². The maximum absolute atomic E-state index is 3.80. The molecule has 2 unspecified atom stereocenters. The number of anilines is 1. The summed E-state index contributed by atoms with van der Waals surface area (Å²) in [6, 6.07) is 7.67. The summed E-state index contributed by atoms with van der Waals surface area (Å²) in [6.45, 7) is 7.23. The lowest BCUT2D eigenvalue weighted by molar-refractivity contribution is 0.178. The first-order valence-electron chi connectivity index (χ1n) is 7.90. The van der Waals surface area contributed by atoms with Crippen LogP contribution in [0.1, 0.15) is 57.6 Å². The Kier molecular flexibility index (Phi) is 3.32. The first-order chi connectivity index (χ1) is 9.02. The largest absolute Gasteiger partial charge is 0.382 e. The molecule has 1 saturated carbocycles. The van der Waals surface area contributed by atoms with E-state index in [1.807, 2.05) is 0 Å². The fraction of sp³-hybridized carbons (Fsp3) is 0.667. The molecule has 1 heteroatoms. The van der Waals surface area contributed by atoms with Crippen molar-refractivity contribution in [2.75, 3.05) is 5.32 Å². The topological polar surface area (TPSA) is 12.0 Å². The lowest BCUT2D eigenvalue weighted by atomic mass is 9.70. The number of benzene rings is 1. The number of fused-ring (bicyclic) bond motifs is 1. The summed E-state index contributed by atoms with van der Waals surface area (Å²) in [5.74, 6) is 0.843. The standard InChI is InChI=1S/C18H27N/c1-13-9-17(12-18(2,3)11-13)19-16-8-7-14-5-4-6-15(14)10-16/h7-8,10,13,17,19H,4-6,9,11-12H2,1-3H3. The van der Waals surface area contributed by atoms with Crippen LogP contribution in [0.5, 0.6) is 0 Å². The van der Waals surface area contributed by atoms with Crippen LogP contribution in [0.2, 0.25) is 0 Å². The predicted molar refractivity (Wildman–Crippen MR) is 82.7 cm³/mol. The van der Waals surface area contributed by atoms with Gasteiger partial charge in [-0.2, -0.15) is 0 Å². The van der Waals surface area contributed by atoms with Gasteiger partial charge in [-0.1, -0.05) is 26.8 Å². The molecule has 0 amide bonds. The quantitative estimate of drug-likeness (QED) is 0.802. The van der Waals surface area contributed by atoms with E-state index in [1.165, 1.54) is 44.2 Å². The van der Waals surface area contributed by atoms with E-state index in [9.17, 15) is 0 Å². The van der Waals surface area contributed by atoms with Crippen LogP contribution in [0.15, 0.2) is 18.2 Å². The third-order valence-corrected chi connectivity index (χ3v) is 4.86. The molecule has 0 saturated heterocycles. The summed E-state index contributed by atoms with van der Waals surface area (Å²) in [4.78, 5) is 0. The molecule has 2 aliphatic rings. The summed E-state index contributed by atoms with van der Waals surface area (Å²) < 4.78 is 0. The zero-order valence-corrected chi connectivity index (χ0v) is 12.6. The Balaban J connectivity index is 1.71. The fourth-order valence-electron chi connectivity index (χ4n) is 4.35. The minimum atomic E-state index is 0.492. The molecule has 19 heavy (non-hydrogen) atoms. The van der Waals surface area contributed by atoms with Crippen LogP contribution >= 0.6 is 0 Å². The van der Waals surface area contributed by atoms with Crippen molar-refractivity contribution in [1.29, 1.82) is 0 Å². The molecular weight excluding hydrogens is 230 g/mol. The van der Waals surface area contributed by atoms with Crippen LogP contribution in [0.3, 0.4) is 0 Å². The molecule has 1 nitrogen and oxygen atoms in total. The molecule has 0 aromatic heterocycles. The molecule has 1 N–H and O–H groups in total. The Labute approximate surface area is 117 Å². The van der Waals surface area contributed by atoms with E-state index >= 15 is 0 Å². The van der Waals surface area contributed by atoms with E-state index in [-0.39, 0.29) is 0 Å². The highest BCUT2D eigenvalue weighted by atomic mass is 14.9. The van der Waals surface area contributed by atoms with Gasteiger partial charge in [-0.15, -0.1) is 0 Å². The van der Waals surface area contributed by atoms with Crippen LogP contribution in [-0.4, -0.2) is 6.04 Å². The van der Waals surface area contributed by atoms with Crippen molar-refractivity contribution < 1.29 is 0 Å². The van der Waals surface area contributed by atoms with Crippen molar-refractivity contribution in [2.24, 2.45) is 11.3 Å². The van der Waals surface area contributed by atoms with Gasteiger partial charge in [0.2, 0.25) is 0 Å². The van der Waals surface area contributed by atoms with Crippen LogP contribution in [-0.2, 0) is 12.8 Å². The summed E-state index contributed by atoms with van der Waals surface area (Å²) in [5.41, 5.74) is 4.98. The normalized spacial score (nSPS) is 29.0. The van der Waals surface area contributed by atoms with E-state index in [0.717, 1.165) is 5.92 Å². The Bertz CT molecular complexity index is 461. The van der Waals surface area contributed by atoms with E-state index in [0.29, 0.717) is 11.5 Å². The maximum atomic E-state index is 3.80. The van der Waals surface area contributed by atoms with Crippen LogP contribution < -0.4 is 5.32 Å². The summed E-state index contributed by atoms with van der Waals surface area (Å²) >= 11 is 0. The molecule has 0 spiro atoms. The average Bonchev–Trinajstić information content (AvgIpc) is 2.73. The summed E-state index contributed by atoms with van der Waals surface area (Å²) in [7, 11) is 0. The molecule has 2 aliphatic carbocycles. The first-order valence-corrected chi connectivity index (χ1v) is 7.90. The average molecular weight is 257 g/mol. The second kappa shape index (κ2) is 4.85. The predicted octanol–water partition coefficient (Wildman–Crippen LogP) is 4.80. The Morgan fingerprint density at radius 3 is 2.68 bits per heavy atom. The maximum Gasteiger partial charge on any atom is 0.0345 e. The number of aryl methyl sites for hydroxylation is 2. The molecular formula is C18H27N. The van der Waals surface area contributed by atoms with Gasteiger partial charge in [-0.25, -0.2) is 0 Å². The smallest absolute Gasteiger partial charge is 0.0345 e. The molecule has 104 valence electrons. The Hall–Kier alpha value is -0.980. The molecule has 1 fully saturated rings. The molecule has 0 heterocycles. The molecule has 0 radical (unpaired) electrons. The monoisotopic (exact) mass is 257 g/mol. The minimum Gasteiger partial charge on any atom is -0.382 e.